The van der Waals surface area contributed by atoms with E-state index in [4.69, 9.17) is 14.6 Å². The van der Waals surface area contributed by atoms with Crippen molar-refractivity contribution in [2.45, 2.75) is 0 Å². The van der Waals surface area contributed by atoms with Gasteiger partial charge in [0.1, 0.15) is 5.69 Å². The van der Waals surface area contributed by atoms with Crippen LogP contribution >= 0.6 is 11.3 Å². The highest BCUT2D eigenvalue weighted by Gasteiger charge is 2.14. The highest BCUT2D eigenvalue weighted by Crippen LogP contribution is 2.34. The number of fused-ring (bicyclic) bond motifs is 1. The lowest BCUT2D eigenvalue weighted by Gasteiger charge is -2.06. The molecule has 0 aliphatic carbocycles. The highest BCUT2D eigenvalue weighted by molar-refractivity contribution is 7.13. The van der Waals surface area contributed by atoms with Crippen molar-refractivity contribution in [2.75, 3.05) is 18.7 Å². The second-order valence-corrected chi connectivity index (χ2v) is 7.85. The largest absolute Gasteiger partial charge is 0.454 e. The van der Waals surface area contributed by atoms with Crippen LogP contribution in [0.3, 0.4) is 0 Å². The molecule has 1 aliphatic heterocycles. The van der Waals surface area contributed by atoms with Gasteiger partial charge in [-0.2, -0.15) is 10.2 Å². The first-order valence-electron chi connectivity index (χ1n) is 9.91. The molecular weight excluding hydrogens is 426 g/mol. The van der Waals surface area contributed by atoms with Gasteiger partial charge in [-0.15, -0.1) is 11.3 Å². The summed E-state index contributed by atoms with van der Waals surface area (Å²) in [5.41, 5.74) is 5.87. The number of hydrazone groups is 1. The summed E-state index contributed by atoms with van der Waals surface area (Å²) in [6.45, 7) is 0.278. The summed E-state index contributed by atoms with van der Waals surface area (Å²) in [6.07, 6.45) is 3.50. The molecule has 1 aliphatic rings. The Kier molecular flexibility index (Phi) is 5.54. The Balaban J connectivity index is 1.25. The highest BCUT2D eigenvalue weighted by atomic mass is 32.1. The topological polar surface area (TPSA) is 89.8 Å². The molecule has 0 atom stereocenters. The van der Waals surface area contributed by atoms with Crippen LogP contribution in [-0.4, -0.2) is 35.2 Å². The second-order valence-electron chi connectivity index (χ2n) is 6.91. The first kappa shape index (κ1) is 19.8. The quantitative estimate of drug-likeness (QED) is 0.333. The average Bonchev–Trinajstić information content (AvgIpc) is 3.58. The fraction of sp³-hybridized carbons (Fsp3) is 0.0870. The molecule has 3 heterocycles. The molecule has 0 saturated heterocycles. The van der Waals surface area contributed by atoms with Crippen molar-refractivity contribution in [3.05, 3.63) is 77.8 Å². The summed E-state index contributed by atoms with van der Waals surface area (Å²) in [6, 6.07) is 19.3. The summed E-state index contributed by atoms with van der Waals surface area (Å²) in [7, 11) is 0. The molecule has 0 unspecified atom stereocenters. The number of ether oxygens (including phenoxy) is 2. The molecule has 0 spiro atoms. The zero-order chi connectivity index (χ0) is 21.8. The Morgan fingerprint density at radius 1 is 1.12 bits per heavy atom. The number of carbonyl (C=O) groups excluding carboxylic acids is 1. The first-order valence-corrected chi connectivity index (χ1v) is 10.8. The molecule has 8 nitrogen and oxygen atoms in total. The number of nitrogens with zero attached hydrogens (tertiary/aromatic N) is 3. The van der Waals surface area contributed by atoms with E-state index in [1.54, 1.807) is 34.4 Å². The Hall–Kier alpha value is -4.11. The number of benzene rings is 2. The molecular formula is C23H19N5O3S. The molecule has 0 saturated carbocycles. The number of nitrogens with one attached hydrogen (secondary N) is 2. The van der Waals surface area contributed by atoms with Gasteiger partial charge in [0.25, 0.3) is 5.91 Å². The van der Waals surface area contributed by atoms with Crippen LogP contribution in [0.1, 0.15) is 5.56 Å². The minimum Gasteiger partial charge on any atom is -0.454 e. The fourth-order valence-electron chi connectivity index (χ4n) is 3.20. The molecule has 32 heavy (non-hydrogen) atoms. The van der Waals surface area contributed by atoms with Crippen LogP contribution in [0.25, 0.3) is 16.3 Å². The third kappa shape index (κ3) is 4.33. The third-order valence-corrected chi connectivity index (χ3v) is 5.61. The van der Waals surface area contributed by atoms with Gasteiger partial charge in [0.2, 0.25) is 6.79 Å². The van der Waals surface area contributed by atoms with Crippen LogP contribution in [-0.2, 0) is 4.79 Å². The SMILES string of the molecule is O=C(CNc1ccc2c(c1)OCO2)N/N=C/c1cn(-c2ccccc2)nc1-c1cccs1. The monoisotopic (exact) mass is 445 g/mol. The zero-order valence-electron chi connectivity index (χ0n) is 16.9. The fourth-order valence-corrected chi connectivity index (χ4v) is 3.93. The van der Waals surface area contributed by atoms with E-state index in [1.165, 1.54) is 0 Å². The summed E-state index contributed by atoms with van der Waals surface area (Å²) >= 11 is 1.60. The smallest absolute Gasteiger partial charge is 0.259 e. The maximum atomic E-state index is 12.2. The minimum absolute atomic E-state index is 0.0675. The van der Waals surface area contributed by atoms with E-state index in [0.717, 1.165) is 27.5 Å². The maximum absolute atomic E-state index is 12.2. The molecule has 1 amide bonds. The van der Waals surface area contributed by atoms with E-state index >= 15 is 0 Å². The van der Waals surface area contributed by atoms with Crippen molar-refractivity contribution in [3.63, 3.8) is 0 Å². The van der Waals surface area contributed by atoms with Crippen LogP contribution < -0.4 is 20.2 Å². The van der Waals surface area contributed by atoms with Gasteiger partial charge in [0.15, 0.2) is 11.5 Å². The van der Waals surface area contributed by atoms with Gasteiger partial charge in [0.05, 0.1) is 23.3 Å². The maximum Gasteiger partial charge on any atom is 0.259 e. The van der Waals surface area contributed by atoms with Crippen molar-refractivity contribution in [1.29, 1.82) is 0 Å². The molecule has 0 fully saturated rings. The lowest BCUT2D eigenvalue weighted by atomic mass is 10.2. The number of hydrogen-bond donors (Lipinski definition) is 2. The van der Waals surface area contributed by atoms with Gasteiger partial charge in [-0.25, -0.2) is 10.1 Å². The number of anilines is 1. The van der Waals surface area contributed by atoms with Gasteiger partial charge < -0.3 is 14.8 Å². The van der Waals surface area contributed by atoms with Gasteiger partial charge >= 0.3 is 0 Å². The normalized spacial score (nSPS) is 12.2. The number of thiophene rings is 1. The first-order chi connectivity index (χ1) is 15.8. The standard InChI is InChI=1S/C23H19N5O3S/c29-22(13-24-17-8-9-19-20(11-17)31-15-30-19)26-25-12-16-14-28(18-5-2-1-3-6-18)27-23(16)21-7-4-10-32-21/h1-12,14,24H,13,15H2,(H,26,29)/b25-12+. The molecule has 0 radical (unpaired) electrons. The molecule has 2 aromatic heterocycles. The van der Waals surface area contributed by atoms with E-state index in [2.05, 4.69) is 15.8 Å². The number of aromatic nitrogens is 2. The van der Waals surface area contributed by atoms with Crippen LogP contribution in [0.2, 0.25) is 0 Å². The van der Waals surface area contributed by atoms with E-state index in [-0.39, 0.29) is 19.2 Å². The van der Waals surface area contributed by atoms with Crippen LogP contribution in [0, 0.1) is 0 Å². The Labute approximate surface area is 188 Å². The lowest BCUT2D eigenvalue weighted by Crippen LogP contribution is -2.25. The number of amides is 1. The minimum atomic E-state index is -0.271. The van der Waals surface area contributed by atoms with Gasteiger partial charge in [0, 0.05) is 23.5 Å². The molecule has 160 valence electrons. The summed E-state index contributed by atoms with van der Waals surface area (Å²) in [4.78, 5) is 13.2. The van der Waals surface area contributed by atoms with E-state index in [9.17, 15) is 4.79 Å². The van der Waals surface area contributed by atoms with Gasteiger partial charge in [-0.1, -0.05) is 24.3 Å². The third-order valence-electron chi connectivity index (χ3n) is 4.74. The predicted molar refractivity (Wildman–Crippen MR) is 124 cm³/mol. The number of carbonyl (C=O) groups is 1. The molecule has 2 N–H and O–H groups in total. The van der Waals surface area contributed by atoms with E-state index in [0.29, 0.717) is 11.5 Å². The number of hydrogen-bond acceptors (Lipinski definition) is 7. The van der Waals surface area contributed by atoms with Crippen molar-refractivity contribution in [3.8, 4) is 27.8 Å². The molecule has 9 heteroatoms. The van der Waals surface area contributed by atoms with Crippen LogP contribution in [0.15, 0.2) is 77.3 Å². The van der Waals surface area contributed by atoms with Crippen LogP contribution in [0.4, 0.5) is 5.69 Å². The van der Waals surface area contributed by atoms with E-state index < -0.39 is 0 Å². The van der Waals surface area contributed by atoms with Crippen molar-refractivity contribution in [1.82, 2.24) is 15.2 Å². The summed E-state index contributed by atoms with van der Waals surface area (Å²) in [5.74, 6) is 1.08. The Morgan fingerprint density at radius 3 is 2.84 bits per heavy atom. The van der Waals surface area contributed by atoms with Gasteiger partial charge in [-0.05, 0) is 35.7 Å². The second kappa shape index (κ2) is 8.94. The molecule has 2 aromatic carbocycles. The van der Waals surface area contributed by atoms with Crippen molar-refractivity contribution >= 4 is 29.1 Å². The van der Waals surface area contributed by atoms with Gasteiger partial charge in [-0.3, -0.25) is 4.79 Å². The van der Waals surface area contributed by atoms with Crippen LogP contribution in [0.5, 0.6) is 11.5 Å². The molecule has 4 aromatic rings. The molecule has 0 bridgehead atoms. The average molecular weight is 446 g/mol. The Morgan fingerprint density at radius 2 is 2.00 bits per heavy atom. The number of para-hydroxylation sites is 1. The van der Waals surface area contributed by atoms with Crippen molar-refractivity contribution in [2.24, 2.45) is 5.10 Å². The van der Waals surface area contributed by atoms with E-state index in [1.807, 2.05) is 60.1 Å². The Bertz CT molecular complexity index is 1250. The zero-order valence-corrected chi connectivity index (χ0v) is 17.7. The summed E-state index contributed by atoms with van der Waals surface area (Å²) in [5, 5.41) is 13.9. The molecule has 5 rings (SSSR count). The lowest BCUT2D eigenvalue weighted by molar-refractivity contribution is -0.119. The predicted octanol–water partition coefficient (Wildman–Crippen LogP) is 3.89. The number of rotatable bonds is 7. The van der Waals surface area contributed by atoms with Crippen molar-refractivity contribution < 1.29 is 14.3 Å². The summed E-state index contributed by atoms with van der Waals surface area (Å²) < 4.78 is 12.4.